The Balaban J connectivity index is 0.000000553. The minimum atomic E-state index is -0.0265. The standard InChI is InChI=1S/C68H70O4S2.2C7H7.Zr/c1-65(2,3)45-27-29-49-43(35-45)33-41-23-25-47(67(7,8)9)37-53(41)59(49)63-61(69)55(39-73-63)51-19-13-15-21-57(51)71-31-17-18-32-72-58-22-16-14-20-52(58)56-40-74-64(62(56)70)60-50-30-28-46(66(4,5)6)36-44(50)34-42-24-26-48(38-54(42)60)68(10,11)12;2*1-7-5-3-2-4-6-7;/h13-16,19-30,33-40,69-70H,17-18,31-32H2,1-12H3;2*2-6H,1H2;/q;2*-1;/p+2. The first-order chi connectivity index (χ1) is 41.8. The number of benzene rings is 10. The van der Waals surface area contributed by atoms with Crippen LogP contribution in [0.25, 0.3) is 86.2 Å². The van der Waals surface area contributed by atoms with Gasteiger partial charge in [-0.2, -0.15) is 49.2 Å². The number of aliphatic hydroxyl groups is 2. The third-order valence-electron chi connectivity index (χ3n) is 16.6. The third kappa shape index (κ3) is 15.0. The van der Waals surface area contributed by atoms with Crippen LogP contribution in [-0.4, -0.2) is 32.9 Å². The second-order valence-corrected chi connectivity index (χ2v) is 29.1. The molecule has 2 heterocycles. The molecule has 0 atom stereocenters. The van der Waals surface area contributed by atoms with Gasteiger partial charge in [0.25, 0.3) is 11.5 Å². The molecule has 0 spiro atoms. The van der Waals surface area contributed by atoms with Crippen LogP contribution in [0.5, 0.6) is 23.0 Å². The summed E-state index contributed by atoms with van der Waals surface area (Å²) < 4.78 is 10.3. The van der Waals surface area contributed by atoms with E-state index in [4.69, 9.17) is 9.47 Å². The number of hydrogen-bond acceptors (Lipinski definition) is 4. The van der Waals surface area contributed by atoms with E-state index in [-0.39, 0.29) is 47.9 Å². The van der Waals surface area contributed by atoms with E-state index in [2.05, 4.69) is 217 Å². The van der Waals surface area contributed by atoms with E-state index in [1.165, 1.54) is 43.8 Å². The third-order valence-corrected chi connectivity index (χ3v) is 18.5. The smallest absolute Gasteiger partial charge is 0.262 e. The molecule has 0 aliphatic heterocycles. The fraction of sp³-hybridized carbons (Fsp3) is 0.244. The number of unbranched alkanes of at least 4 members (excludes halogenated alkanes) is 1. The number of ether oxygens (including phenoxy) is 2. The van der Waals surface area contributed by atoms with Gasteiger partial charge in [0.15, 0.2) is 13.2 Å². The van der Waals surface area contributed by atoms with Crippen LogP contribution in [0.1, 0.15) is 129 Å². The fourth-order valence-corrected chi connectivity index (χ4v) is 13.4. The molecular weight excluding hydrogens is 1200 g/mol. The topological polar surface area (TPSA) is 66.1 Å². The summed E-state index contributed by atoms with van der Waals surface area (Å²) in [6, 6.07) is 68.0. The molecular formula is C82H86O4S2Zr. The molecule has 12 aromatic rings. The Morgan fingerprint density at radius 2 is 0.674 bits per heavy atom. The number of fused-ring (bicyclic) bond motifs is 4. The van der Waals surface area contributed by atoms with Crippen LogP contribution in [0.2, 0.25) is 0 Å². The second-order valence-electron chi connectivity index (χ2n) is 27.4. The van der Waals surface area contributed by atoms with Gasteiger partial charge in [0.2, 0.25) is 0 Å². The minimum Gasteiger partial charge on any atom is -0.582 e. The Kier molecular flexibility index (Phi) is 20.2. The predicted molar refractivity (Wildman–Crippen MR) is 383 cm³/mol. The van der Waals surface area contributed by atoms with Crippen LogP contribution in [0.3, 0.4) is 0 Å². The van der Waals surface area contributed by atoms with Crippen molar-refractivity contribution < 1.29 is 45.9 Å². The molecule has 10 aromatic carbocycles. The molecule has 0 aliphatic carbocycles. The largest absolute Gasteiger partial charge is 0.582 e. The Labute approximate surface area is 556 Å². The first-order valence-electron chi connectivity index (χ1n) is 30.8. The summed E-state index contributed by atoms with van der Waals surface area (Å²) >= 11 is 3.20. The molecule has 0 bridgehead atoms. The van der Waals surface area contributed by atoms with Crippen molar-refractivity contribution in [2.75, 3.05) is 13.2 Å². The molecule has 7 heteroatoms. The van der Waals surface area contributed by atoms with Gasteiger partial charge in [0.05, 0.1) is 20.9 Å². The van der Waals surface area contributed by atoms with E-state index >= 15 is 0 Å². The Hall–Kier alpha value is -7.54. The van der Waals surface area contributed by atoms with Crippen LogP contribution in [0.15, 0.2) is 205 Å². The molecule has 0 saturated heterocycles. The summed E-state index contributed by atoms with van der Waals surface area (Å²) in [5.41, 5.74) is 12.8. The Morgan fingerprint density at radius 3 is 1.01 bits per heavy atom. The van der Waals surface area contributed by atoms with Gasteiger partial charge in [0, 0.05) is 84.2 Å². The van der Waals surface area contributed by atoms with Crippen molar-refractivity contribution in [1.29, 1.82) is 0 Å². The summed E-state index contributed by atoms with van der Waals surface area (Å²) in [6.07, 6.45) is 1.70. The van der Waals surface area contributed by atoms with Crippen molar-refractivity contribution in [2.24, 2.45) is 0 Å². The predicted octanol–water partition coefficient (Wildman–Crippen LogP) is 23.4. The fourth-order valence-electron chi connectivity index (χ4n) is 11.3. The van der Waals surface area contributed by atoms with E-state index in [1.54, 1.807) is 22.7 Å². The van der Waals surface area contributed by atoms with E-state index in [0.29, 0.717) is 24.7 Å². The monoisotopic (exact) mass is 1290 g/mol. The molecule has 454 valence electrons. The van der Waals surface area contributed by atoms with Gasteiger partial charge in [0.1, 0.15) is 11.5 Å². The number of thiophene rings is 2. The van der Waals surface area contributed by atoms with Crippen LogP contribution in [0, 0.1) is 13.8 Å². The van der Waals surface area contributed by atoms with Crippen LogP contribution >= 0.6 is 22.7 Å². The molecule has 12 rings (SSSR count). The number of hydrogen-bond donors (Lipinski definition) is 2. The molecule has 0 aliphatic rings. The van der Waals surface area contributed by atoms with Gasteiger partial charge >= 0.3 is 0 Å². The SMILES string of the molecule is CC(C)(C)c1ccc2c(-c3scc(-c4ccccc4[OH+]CCCC[OH+]c4ccccc4-c4csc(-c5c6ccc(C(C)(C)C)cc6cc6ccc(C(C)(C)C)cc56)c4O)c3O)c3cc(C(C)(C)C)ccc3cc2c1.[CH2-]c1ccccc1.[CH2-]c1ccccc1.[Zr]. The van der Waals surface area contributed by atoms with Crippen molar-refractivity contribution in [2.45, 2.75) is 118 Å². The van der Waals surface area contributed by atoms with E-state index < -0.39 is 0 Å². The van der Waals surface area contributed by atoms with Crippen LogP contribution in [-0.2, 0) is 47.9 Å². The van der Waals surface area contributed by atoms with Crippen LogP contribution < -0.4 is 0 Å². The normalized spacial score (nSPS) is 11.9. The summed E-state index contributed by atoms with van der Waals surface area (Å²) in [7, 11) is 0. The summed E-state index contributed by atoms with van der Waals surface area (Å²) in [5, 5.41) is 38.1. The van der Waals surface area contributed by atoms with E-state index in [1.807, 2.05) is 84.9 Å². The van der Waals surface area contributed by atoms with E-state index in [9.17, 15) is 10.2 Å². The maximum Gasteiger partial charge on any atom is 0.262 e. The van der Waals surface area contributed by atoms with Gasteiger partial charge in [-0.05, 0) is 123 Å². The van der Waals surface area contributed by atoms with Crippen molar-refractivity contribution in [3.05, 3.63) is 252 Å². The number of aromatic hydroxyl groups is 4. The first-order valence-corrected chi connectivity index (χ1v) is 32.5. The summed E-state index contributed by atoms with van der Waals surface area (Å²) in [5.74, 6) is 2.33. The zero-order valence-electron chi connectivity index (χ0n) is 54.0. The van der Waals surface area contributed by atoms with Crippen molar-refractivity contribution in [3.63, 3.8) is 0 Å². The molecule has 89 heavy (non-hydrogen) atoms. The molecule has 0 radical (unpaired) electrons. The molecule has 4 N–H and O–H groups in total. The summed E-state index contributed by atoms with van der Waals surface area (Å²) in [4.78, 5) is 1.75. The first kappa shape index (κ1) is 65.9. The minimum absolute atomic E-state index is 0. The zero-order valence-corrected chi connectivity index (χ0v) is 58.1. The van der Waals surface area contributed by atoms with Crippen molar-refractivity contribution in [3.8, 4) is 66.1 Å². The quantitative estimate of drug-likeness (QED) is 0.0587. The van der Waals surface area contributed by atoms with Gasteiger partial charge in [-0.25, -0.2) is 0 Å². The second kappa shape index (κ2) is 27.3. The van der Waals surface area contributed by atoms with Crippen LogP contribution in [0.4, 0.5) is 0 Å². The van der Waals surface area contributed by atoms with Crippen molar-refractivity contribution in [1.82, 2.24) is 0 Å². The van der Waals surface area contributed by atoms with Gasteiger partial charge in [-0.15, -0.1) is 46.9 Å². The Bertz CT molecular complexity index is 4130. The molecule has 0 fully saturated rings. The van der Waals surface area contributed by atoms with Crippen molar-refractivity contribution >= 4 is 65.8 Å². The molecule has 4 nitrogen and oxygen atoms in total. The molecule has 0 unspecified atom stereocenters. The maximum atomic E-state index is 12.3. The molecule has 0 saturated carbocycles. The van der Waals surface area contributed by atoms with Gasteiger partial charge in [-0.1, -0.05) is 180 Å². The zero-order chi connectivity index (χ0) is 62.7. The van der Waals surface area contributed by atoms with Gasteiger partial charge < -0.3 is 19.7 Å². The van der Waals surface area contributed by atoms with Gasteiger partial charge in [-0.3, -0.25) is 0 Å². The average molecular weight is 1290 g/mol. The summed E-state index contributed by atoms with van der Waals surface area (Å²) in [6.45, 7) is 35.8. The number of rotatable bonds is 11. The molecule has 2 aromatic heterocycles. The maximum absolute atomic E-state index is 12.3. The average Bonchev–Trinajstić information content (AvgIpc) is 2.52. The number of para-hydroxylation sites is 2. The Morgan fingerprint density at radius 1 is 0.348 bits per heavy atom. The molecule has 0 amide bonds. The van der Waals surface area contributed by atoms with E-state index in [0.717, 1.165) is 100 Å².